The quantitative estimate of drug-likeness (QED) is 0.758. The number of hydrogen-bond acceptors (Lipinski definition) is 7. The molecule has 4 rings (SSSR count). The highest BCUT2D eigenvalue weighted by molar-refractivity contribution is 5.83. The van der Waals surface area contributed by atoms with Crippen molar-refractivity contribution in [1.29, 1.82) is 0 Å². The number of hydrogen-bond donors (Lipinski definition) is 1. The van der Waals surface area contributed by atoms with Gasteiger partial charge in [-0.15, -0.1) is 0 Å². The molecule has 1 saturated heterocycles. The molecule has 3 aromatic rings. The summed E-state index contributed by atoms with van der Waals surface area (Å²) in [5.74, 6) is 1.59. The molecule has 4 heterocycles. The Morgan fingerprint density at radius 1 is 1.33 bits per heavy atom. The van der Waals surface area contributed by atoms with Gasteiger partial charge in [0.05, 0.1) is 24.7 Å². The standard InChI is InChI=1S/C16H18N6O2/c1-23-13-5-11(8-24-12-3-2-4-17-6-12)22(7-13)16-14-15(19-9-18-14)20-10-21-16/h2-4,6,9-11,13H,5,7-8H2,1H3,(H,18,19,20,21)/t11-,13+/m0/s1. The van der Waals surface area contributed by atoms with Crippen LogP contribution in [0.15, 0.2) is 37.2 Å². The Balaban J connectivity index is 1.58. The van der Waals surface area contributed by atoms with Gasteiger partial charge in [0.25, 0.3) is 0 Å². The maximum absolute atomic E-state index is 5.90. The van der Waals surface area contributed by atoms with E-state index in [1.165, 1.54) is 6.33 Å². The van der Waals surface area contributed by atoms with E-state index in [2.05, 4.69) is 29.8 Å². The smallest absolute Gasteiger partial charge is 0.182 e. The fourth-order valence-electron chi connectivity index (χ4n) is 3.06. The Morgan fingerprint density at radius 2 is 2.29 bits per heavy atom. The second-order valence-electron chi connectivity index (χ2n) is 5.70. The summed E-state index contributed by atoms with van der Waals surface area (Å²) in [5, 5.41) is 0. The van der Waals surface area contributed by atoms with Crippen LogP contribution in [-0.2, 0) is 4.74 Å². The molecule has 1 aliphatic rings. The maximum atomic E-state index is 5.90. The topological polar surface area (TPSA) is 89.1 Å². The van der Waals surface area contributed by atoms with Gasteiger partial charge >= 0.3 is 0 Å². The van der Waals surface area contributed by atoms with E-state index in [0.717, 1.165) is 30.0 Å². The van der Waals surface area contributed by atoms with E-state index in [1.54, 1.807) is 25.8 Å². The van der Waals surface area contributed by atoms with Gasteiger partial charge in [-0.2, -0.15) is 0 Å². The SMILES string of the molecule is CO[C@@H]1C[C@@H](COc2cccnc2)N(c2ncnc3nc[nH]c23)C1. The van der Waals surface area contributed by atoms with Gasteiger partial charge in [0.2, 0.25) is 0 Å². The Bertz CT molecular complexity index is 808. The number of H-pyrrole nitrogens is 1. The van der Waals surface area contributed by atoms with Gasteiger partial charge in [0, 0.05) is 19.9 Å². The van der Waals surface area contributed by atoms with Crippen LogP contribution in [0.3, 0.4) is 0 Å². The summed E-state index contributed by atoms with van der Waals surface area (Å²) in [5.41, 5.74) is 1.49. The molecule has 8 nitrogen and oxygen atoms in total. The molecule has 124 valence electrons. The lowest BCUT2D eigenvalue weighted by molar-refractivity contribution is 0.115. The number of methoxy groups -OCH3 is 1. The Morgan fingerprint density at radius 3 is 3.12 bits per heavy atom. The average Bonchev–Trinajstić information content (AvgIpc) is 3.27. The molecule has 3 aromatic heterocycles. The first-order valence-electron chi connectivity index (χ1n) is 7.81. The molecule has 0 unspecified atom stereocenters. The third kappa shape index (κ3) is 2.76. The molecule has 0 radical (unpaired) electrons. The van der Waals surface area contributed by atoms with Gasteiger partial charge in [-0.1, -0.05) is 0 Å². The molecule has 0 aliphatic carbocycles. The monoisotopic (exact) mass is 326 g/mol. The normalized spacial score (nSPS) is 20.6. The molecule has 1 N–H and O–H groups in total. The van der Waals surface area contributed by atoms with Crippen molar-refractivity contribution in [2.75, 3.05) is 25.2 Å². The third-order valence-electron chi connectivity index (χ3n) is 4.26. The number of pyridine rings is 1. The molecule has 1 aliphatic heterocycles. The van der Waals surface area contributed by atoms with Crippen LogP contribution in [0, 0.1) is 0 Å². The summed E-state index contributed by atoms with van der Waals surface area (Å²) < 4.78 is 11.5. The van der Waals surface area contributed by atoms with Crippen LogP contribution in [-0.4, -0.2) is 57.3 Å². The maximum Gasteiger partial charge on any atom is 0.182 e. The van der Waals surface area contributed by atoms with Crippen molar-refractivity contribution >= 4 is 17.0 Å². The fourth-order valence-corrected chi connectivity index (χ4v) is 3.06. The van der Waals surface area contributed by atoms with Crippen molar-refractivity contribution in [1.82, 2.24) is 24.9 Å². The van der Waals surface area contributed by atoms with Crippen molar-refractivity contribution in [3.05, 3.63) is 37.2 Å². The molecule has 0 amide bonds. The number of ether oxygens (including phenoxy) is 2. The van der Waals surface area contributed by atoms with E-state index in [-0.39, 0.29) is 12.1 Å². The second kappa shape index (κ2) is 6.40. The minimum absolute atomic E-state index is 0.139. The van der Waals surface area contributed by atoms with Gasteiger partial charge in [-0.25, -0.2) is 15.0 Å². The molecule has 0 spiro atoms. The van der Waals surface area contributed by atoms with Crippen LogP contribution in [0.5, 0.6) is 5.75 Å². The van der Waals surface area contributed by atoms with Crippen LogP contribution in [0.2, 0.25) is 0 Å². The highest BCUT2D eigenvalue weighted by Crippen LogP contribution is 2.29. The zero-order valence-corrected chi connectivity index (χ0v) is 13.3. The lowest BCUT2D eigenvalue weighted by Crippen LogP contribution is -2.35. The largest absolute Gasteiger partial charge is 0.490 e. The van der Waals surface area contributed by atoms with Crippen molar-refractivity contribution < 1.29 is 9.47 Å². The predicted octanol–water partition coefficient (Wildman–Crippen LogP) is 1.42. The molecular weight excluding hydrogens is 308 g/mol. The predicted molar refractivity (Wildman–Crippen MR) is 88.0 cm³/mol. The Labute approximate surface area is 138 Å². The number of nitrogens with zero attached hydrogens (tertiary/aromatic N) is 5. The van der Waals surface area contributed by atoms with E-state index >= 15 is 0 Å². The number of rotatable bonds is 5. The summed E-state index contributed by atoms with van der Waals surface area (Å²) >= 11 is 0. The van der Waals surface area contributed by atoms with Gasteiger partial charge in [-0.3, -0.25) is 4.98 Å². The highest BCUT2D eigenvalue weighted by atomic mass is 16.5. The Hall–Kier alpha value is -2.74. The van der Waals surface area contributed by atoms with Gasteiger partial charge in [0.1, 0.15) is 24.2 Å². The molecule has 1 fully saturated rings. The number of fused-ring (bicyclic) bond motifs is 1. The minimum atomic E-state index is 0.139. The summed E-state index contributed by atoms with van der Waals surface area (Å²) in [6.45, 7) is 1.29. The van der Waals surface area contributed by atoms with Gasteiger partial charge in [0.15, 0.2) is 11.5 Å². The van der Waals surface area contributed by atoms with Crippen LogP contribution >= 0.6 is 0 Å². The van der Waals surface area contributed by atoms with Crippen LogP contribution in [0.25, 0.3) is 11.2 Å². The molecular formula is C16H18N6O2. The first kappa shape index (κ1) is 14.8. The minimum Gasteiger partial charge on any atom is -0.490 e. The summed E-state index contributed by atoms with van der Waals surface area (Å²) in [6.07, 6.45) is 7.62. The number of nitrogens with one attached hydrogen (secondary N) is 1. The van der Waals surface area contributed by atoms with Crippen molar-refractivity contribution in [3.63, 3.8) is 0 Å². The molecule has 0 saturated carbocycles. The van der Waals surface area contributed by atoms with Crippen LogP contribution < -0.4 is 9.64 Å². The van der Waals surface area contributed by atoms with E-state index < -0.39 is 0 Å². The second-order valence-corrected chi connectivity index (χ2v) is 5.70. The van der Waals surface area contributed by atoms with E-state index in [1.807, 2.05) is 12.1 Å². The number of aromatic nitrogens is 5. The molecule has 0 bridgehead atoms. The first-order chi connectivity index (χ1) is 11.8. The lowest BCUT2D eigenvalue weighted by atomic mass is 10.2. The van der Waals surface area contributed by atoms with Crippen LogP contribution in [0.1, 0.15) is 6.42 Å². The van der Waals surface area contributed by atoms with Crippen LogP contribution in [0.4, 0.5) is 5.82 Å². The zero-order valence-electron chi connectivity index (χ0n) is 13.3. The fraction of sp³-hybridized carbons (Fsp3) is 0.375. The van der Waals surface area contributed by atoms with Gasteiger partial charge in [-0.05, 0) is 18.6 Å². The number of imidazole rings is 1. The molecule has 8 heteroatoms. The first-order valence-corrected chi connectivity index (χ1v) is 7.81. The molecule has 2 atom stereocenters. The summed E-state index contributed by atoms with van der Waals surface area (Å²) in [6, 6.07) is 3.91. The third-order valence-corrected chi connectivity index (χ3v) is 4.26. The Kier molecular flexibility index (Phi) is 3.96. The zero-order chi connectivity index (χ0) is 16.4. The summed E-state index contributed by atoms with van der Waals surface area (Å²) in [4.78, 5) is 22.2. The van der Waals surface area contributed by atoms with E-state index in [4.69, 9.17) is 9.47 Å². The summed E-state index contributed by atoms with van der Waals surface area (Å²) in [7, 11) is 1.74. The van der Waals surface area contributed by atoms with E-state index in [0.29, 0.717) is 12.3 Å². The lowest BCUT2D eigenvalue weighted by Gasteiger charge is -2.25. The highest BCUT2D eigenvalue weighted by Gasteiger charge is 2.34. The van der Waals surface area contributed by atoms with Crippen molar-refractivity contribution in [3.8, 4) is 5.75 Å². The molecule has 24 heavy (non-hydrogen) atoms. The van der Waals surface area contributed by atoms with Crippen molar-refractivity contribution in [2.45, 2.75) is 18.6 Å². The number of anilines is 1. The van der Waals surface area contributed by atoms with E-state index in [9.17, 15) is 0 Å². The van der Waals surface area contributed by atoms with Crippen molar-refractivity contribution in [2.24, 2.45) is 0 Å². The molecule has 0 aromatic carbocycles. The number of aromatic amines is 1. The van der Waals surface area contributed by atoms with Gasteiger partial charge < -0.3 is 19.4 Å². The average molecular weight is 326 g/mol.